The number of rotatable bonds is 4. The molecule has 2 nitrogen and oxygen atoms in total. The normalized spacial score (nSPS) is 15.0. The Hall–Kier alpha value is -0.860. The minimum atomic E-state index is -0.105. The highest BCUT2D eigenvalue weighted by atomic mass is 16.3. The molecule has 0 aromatic heterocycles. The summed E-state index contributed by atoms with van der Waals surface area (Å²) in [6.45, 7) is 7.05. The fourth-order valence-corrected chi connectivity index (χ4v) is 2.08. The van der Waals surface area contributed by atoms with Crippen LogP contribution in [0.5, 0.6) is 0 Å². The lowest BCUT2D eigenvalue weighted by atomic mass is 9.77. The molecule has 1 aromatic carbocycles. The third kappa shape index (κ3) is 2.58. The van der Waals surface area contributed by atoms with Crippen molar-refractivity contribution >= 4 is 0 Å². The van der Waals surface area contributed by atoms with Crippen LogP contribution < -0.4 is 5.73 Å². The van der Waals surface area contributed by atoms with Gasteiger partial charge in [0, 0.05) is 18.6 Å². The van der Waals surface area contributed by atoms with Crippen LogP contribution in [0.2, 0.25) is 0 Å². The average molecular weight is 207 g/mol. The van der Waals surface area contributed by atoms with Crippen LogP contribution in [0.3, 0.4) is 0 Å². The number of hydrogen-bond acceptors (Lipinski definition) is 2. The van der Waals surface area contributed by atoms with Crippen LogP contribution in [0.15, 0.2) is 18.2 Å². The van der Waals surface area contributed by atoms with Crippen molar-refractivity contribution in [3.05, 3.63) is 34.9 Å². The van der Waals surface area contributed by atoms with Gasteiger partial charge in [0.1, 0.15) is 0 Å². The van der Waals surface area contributed by atoms with Gasteiger partial charge in [0.25, 0.3) is 0 Å². The quantitative estimate of drug-likeness (QED) is 0.792. The molecule has 1 atom stereocenters. The fourth-order valence-electron chi connectivity index (χ4n) is 2.08. The maximum absolute atomic E-state index is 9.08. The molecule has 0 aliphatic rings. The van der Waals surface area contributed by atoms with E-state index in [2.05, 4.69) is 39.0 Å². The number of hydrogen-bond donors (Lipinski definition) is 2. The molecule has 0 radical (unpaired) electrons. The Bertz CT molecular complexity index is 335. The van der Waals surface area contributed by atoms with Gasteiger partial charge >= 0.3 is 0 Å². The Morgan fingerprint density at radius 3 is 2.47 bits per heavy atom. The van der Waals surface area contributed by atoms with Crippen molar-refractivity contribution in [3.8, 4) is 0 Å². The maximum atomic E-state index is 9.08. The monoisotopic (exact) mass is 207 g/mol. The second-order valence-corrected chi connectivity index (χ2v) is 4.56. The van der Waals surface area contributed by atoms with E-state index in [1.54, 1.807) is 0 Å². The van der Waals surface area contributed by atoms with E-state index in [1.165, 1.54) is 16.7 Å². The first-order valence-electron chi connectivity index (χ1n) is 5.42. The van der Waals surface area contributed by atoms with Crippen LogP contribution >= 0.6 is 0 Å². The zero-order valence-corrected chi connectivity index (χ0v) is 9.88. The van der Waals surface area contributed by atoms with Crippen LogP contribution in [0, 0.1) is 13.8 Å². The Morgan fingerprint density at radius 1 is 1.33 bits per heavy atom. The largest absolute Gasteiger partial charge is 0.396 e. The topological polar surface area (TPSA) is 46.2 Å². The first-order chi connectivity index (χ1) is 7.03. The Balaban J connectivity index is 3.12. The lowest BCUT2D eigenvalue weighted by Crippen LogP contribution is -2.33. The second-order valence-electron chi connectivity index (χ2n) is 4.56. The molecule has 84 valence electrons. The van der Waals surface area contributed by atoms with Gasteiger partial charge in [-0.1, -0.05) is 30.7 Å². The molecule has 0 amide bonds. The van der Waals surface area contributed by atoms with E-state index in [0.29, 0.717) is 13.0 Å². The average Bonchev–Trinajstić information content (AvgIpc) is 2.17. The summed E-state index contributed by atoms with van der Waals surface area (Å²) in [6, 6.07) is 6.40. The number of benzene rings is 1. The highest BCUT2D eigenvalue weighted by Crippen LogP contribution is 2.29. The highest BCUT2D eigenvalue weighted by molar-refractivity contribution is 5.36. The van der Waals surface area contributed by atoms with Crippen molar-refractivity contribution in [1.82, 2.24) is 0 Å². The Morgan fingerprint density at radius 2 is 2.00 bits per heavy atom. The van der Waals surface area contributed by atoms with Crippen molar-refractivity contribution in [1.29, 1.82) is 0 Å². The fraction of sp³-hybridized carbons (Fsp3) is 0.538. The third-order valence-corrected chi connectivity index (χ3v) is 3.15. The lowest BCUT2D eigenvalue weighted by molar-refractivity contribution is 0.246. The molecule has 0 aliphatic heterocycles. The van der Waals surface area contributed by atoms with Gasteiger partial charge in [-0.2, -0.15) is 0 Å². The summed E-state index contributed by atoms with van der Waals surface area (Å²) in [5.74, 6) is 0. The van der Waals surface area contributed by atoms with Gasteiger partial charge in [0.2, 0.25) is 0 Å². The molecule has 1 rings (SSSR count). The summed E-state index contributed by atoms with van der Waals surface area (Å²) in [7, 11) is 0. The summed E-state index contributed by atoms with van der Waals surface area (Å²) < 4.78 is 0. The number of aryl methyl sites for hydroxylation is 2. The molecule has 2 heteroatoms. The van der Waals surface area contributed by atoms with Crippen molar-refractivity contribution < 1.29 is 5.11 Å². The van der Waals surface area contributed by atoms with Gasteiger partial charge in [-0.15, -0.1) is 0 Å². The minimum absolute atomic E-state index is 0.105. The van der Waals surface area contributed by atoms with E-state index in [9.17, 15) is 0 Å². The van der Waals surface area contributed by atoms with Gasteiger partial charge < -0.3 is 10.8 Å². The van der Waals surface area contributed by atoms with Crippen molar-refractivity contribution in [2.75, 3.05) is 13.2 Å². The van der Waals surface area contributed by atoms with Crippen molar-refractivity contribution in [2.24, 2.45) is 5.73 Å². The smallest absolute Gasteiger partial charge is 0.0439 e. The molecule has 0 spiro atoms. The number of nitrogens with two attached hydrogens (primary N) is 1. The van der Waals surface area contributed by atoms with Crippen molar-refractivity contribution in [2.45, 2.75) is 32.6 Å². The first-order valence-corrected chi connectivity index (χ1v) is 5.42. The van der Waals surface area contributed by atoms with E-state index in [1.807, 2.05) is 0 Å². The Kier molecular flexibility index (Phi) is 3.89. The van der Waals surface area contributed by atoms with Gasteiger partial charge in [-0.05, 0) is 31.4 Å². The zero-order chi connectivity index (χ0) is 11.5. The van der Waals surface area contributed by atoms with E-state index in [4.69, 9.17) is 10.8 Å². The van der Waals surface area contributed by atoms with Crippen LogP contribution in [0.25, 0.3) is 0 Å². The minimum Gasteiger partial charge on any atom is -0.396 e. The predicted molar refractivity (Wildman–Crippen MR) is 64.0 cm³/mol. The lowest BCUT2D eigenvalue weighted by Gasteiger charge is -2.29. The van der Waals surface area contributed by atoms with Crippen LogP contribution in [-0.2, 0) is 5.41 Å². The van der Waals surface area contributed by atoms with Gasteiger partial charge in [-0.3, -0.25) is 0 Å². The molecule has 1 aromatic rings. The van der Waals surface area contributed by atoms with Gasteiger partial charge in [0.05, 0.1) is 0 Å². The standard InChI is InChI=1S/C13H21NO/c1-10-4-5-12(11(2)8-10)13(3,9-14)6-7-15/h4-5,8,15H,6-7,9,14H2,1-3H3. The summed E-state index contributed by atoms with van der Waals surface area (Å²) >= 11 is 0. The highest BCUT2D eigenvalue weighted by Gasteiger charge is 2.25. The SMILES string of the molecule is Cc1ccc(C(C)(CN)CCO)c(C)c1. The van der Waals surface area contributed by atoms with Crippen LogP contribution in [0.4, 0.5) is 0 Å². The number of aliphatic hydroxyl groups is 1. The third-order valence-electron chi connectivity index (χ3n) is 3.15. The zero-order valence-electron chi connectivity index (χ0n) is 9.88. The van der Waals surface area contributed by atoms with E-state index in [-0.39, 0.29) is 12.0 Å². The molecule has 3 N–H and O–H groups in total. The van der Waals surface area contributed by atoms with E-state index >= 15 is 0 Å². The molecule has 0 saturated heterocycles. The summed E-state index contributed by atoms with van der Waals surface area (Å²) in [5.41, 5.74) is 9.49. The molecule has 1 unspecified atom stereocenters. The molecule has 0 aliphatic carbocycles. The van der Waals surface area contributed by atoms with E-state index in [0.717, 1.165) is 0 Å². The summed E-state index contributed by atoms with van der Waals surface area (Å²) in [5, 5.41) is 9.08. The predicted octanol–water partition coefficient (Wildman–Crippen LogP) is 1.90. The molecule has 0 fully saturated rings. The number of aliphatic hydroxyl groups excluding tert-OH is 1. The summed E-state index contributed by atoms with van der Waals surface area (Å²) in [6.07, 6.45) is 0.716. The molecule has 0 bridgehead atoms. The van der Waals surface area contributed by atoms with Crippen molar-refractivity contribution in [3.63, 3.8) is 0 Å². The molecule has 15 heavy (non-hydrogen) atoms. The maximum Gasteiger partial charge on any atom is 0.0439 e. The molecular formula is C13H21NO. The van der Waals surface area contributed by atoms with Crippen LogP contribution in [-0.4, -0.2) is 18.3 Å². The Labute approximate surface area is 92.1 Å². The van der Waals surface area contributed by atoms with Gasteiger partial charge in [0.15, 0.2) is 0 Å². The molecule has 0 heterocycles. The molecular weight excluding hydrogens is 186 g/mol. The first kappa shape index (κ1) is 12.2. The van der Waals surface area contributed by atoms with E-state index < -0.39 is 0 Å². The van der Waals surface area contributed by atoms with Crippen LogP contribution in [0.1, 0.15) is 30.0 Å². The molecule has 0 saturated carbocycles. The summed E-state index contributed by atoms with van der Waals surface area (Å²) in [4.78, 5) is 0. The second kappa shape index (κ2) is 4.77. The van der Waals surface area contributed by atoms with Gasteiger partial charge in [-0.25, -0.2) is 0 Å².